The van der Waals surface area contributed by atoms with E-state index in [2.05, 4.69) is 10.2 Å². The van der Waals surface area contributed by atoms with Crippen molar-refractivity contribution >= 4 is 10.0 Å². The zero-order chi connectivity index (χ0) is 14.8. The van der Waals surface area contributed by atoms with Crippen LogP contribution >= 0.6 is 0 Å². The summed E-state index contributed by atoms with van der Waals surface area (Å²) in [5.74, 6) is -4.46. The van der Waals surface area contributed by atoms with E-state index in [1.54, 1.807) is 0 Å². The summed E-state index contributed by atoms with van der Waals surface area (Å²) < 4.78 is 73.9. The van der Waals surface area contributed by atoms with Crippen LogP contribution in [0.25, 0.3) is 0 Å². The predicted octanol–water partition coefficient (Wildman–Crippen LogP) is 0.356. The molecule has 1 rings (SSSR count). The summed E-state index contributed by atoms with van der Waals surface area (Å²) in [5, 5.41) is 5.17. The summed E-state index contributed by atoms with van der Waals surface area (Å²) in [6, 6.07) is 0. The molecular formula is C8H12F4N4O2S. The summed E-state index contributed by atoms with van der Waals surface area (Å²) in [6.07, 6.45) is -3.97. The summed E-state index contributed by atoms with van der Waals surface area (Å²) in [5.41, 5.74) is 5.76. The van der Waals surface area contributed by atoms with Crippen molar-refractivity contribution in [2.45, 2.75) is 30.8 Å². The van der Waals surface area contributed by atoms with Crippen molar-refractivity contribution in [1.82, 2.24) is 14.9 Å². The number of alkyl halides is 4. The Morgan fingerprint density at radius 3 is 2.53 bits per heavy atom. The van der Waals surface area contributed by atoms with Gasteiger partial charge in [-0.2, -0.15) is 13.9 Å². The molecular weight excluding hydrogens is 292 g/mol. The molecule has 110 valence electrons. The molecule has 0 saturated carbocycles. The third-order valence-electron chi connectivity index (χ3n) is 2.31. The Balaban J connectivity index is 2.94. The number of H-pyrrole nitrogens is 1. The minimum atomic E-state index is -4.46. The van der Waals surface area contributed by atoms with Gasteiger partial charge >= 0.3 is 12.3 Å². The van der Waals surface area contributed by atoms with Crippen molar-refractivity contribution < 1.29 is 26.0 Å². The van der Waals surface area contributed by atoms with Crippen LogP contribution in [-0.2, 0) is 16.6 Å². The Morgan fingerprint density at radius 2 is 2.05 bits per heavy atom. The van der Waals surface area contributed by atoms with E-state index in [1.807, 2.05) is 0 Å². The van der Waals surface area contributed by atoms with Crippen LogP contribution in [0.2, 0.25) is 0 Å². The Hall–Kier alpha value is -1.20. The molecule has 0 bridgehead atoms. The van der Waals surface area contributed by atoms with E-state index >= 15 is 0 Å². The molecule has 0 aliphatic heterocycles. The Kier molecular flexibility index (Phi) is 4.53. The number of hydrogen-bond donors (Lipinski definition) is 3. The van der Waals surface area contributed by atoms with E-state index in [9.17, 15) is 26.0 Å². The van der Waals surface area contributed by atoms with Crippen molar-refractivity contribution in [3.8, 4) is 0 Å². The Labute approximate surface area is 106 Å². The maximum absolute atomic E-state index is 12.7. The van der Waals surface area contributed by atoms with Crippen LogP contribution in [0.4, 0.5) is 17.6 Å². The van der Waals surface area contributed by atoms with Crippen molar-refractivity contribution in [2.75, 3.05) is 6.54 Å². The molecule has 0 aliphatic rings. The first-order valence-electron chi connectivity index (χ1n) is 5.01. The quantitative estimate of drug-likeness (QED) is 0.660. The van der Waals surface area contributed by atoms with Gasteiger partial charge in [0.2, 0.25) is 0 Å². The third kappa shape index (κ3) is 3.42. The molecule has 11 heteroatoms. The van der Waals surface area contributed by atoms with Gasteiger partial charge in [0.05, 0.1) is 6.54 Å². The first-order chi connectivity index (χ1) is 8.62. The van der Waals surface area contributed by atoms with Crippen LogP contribution in [-0.4, -0.2) is 37.5 Å². The van der Waals surface area contributed by atoms with E-state index in [0.29, 0.717) is 5.69 Å². The Bertz CT molecular complexity index is 543. The second kappa shape index (κ2) is 5.43. The molecule has 0 spiro atoms. The number of aryl methyl sites for hydroxylation is 1. The normalized spacial score (nSPS) is 13.2. The lowest BCUT2D eigenvalue weighted by Crippen LogP contribution is -2.41. The molecule has 1 heterocycles. The van der Waals surface area contributed by atoms with Crippen LogP contribution < -0.4 is 10.5 Å². The first-order valence-corrected chi connectivity index (χ1v) is 6.49. The maximum atomic E-state index is 12.7. The molecule has 0 aliphatic carbocycles. The minimum absolute atomic E-state index is 0.105. The minimum Gasteiger partial charge on any atom is -0.326 e. The molecule has 1 aromatic heterocycles. The van der Waals surface area contributed by atoms with Crippen molar-refractivity contribution in [3.63, 3.8) is 0 Å². The molecule has 4 N–H and O–H groups in total. The molecule has 0 saturated heterocycles. The number of nitrogens with zero attached hydrogens (tertiary/aromatic N) is 1. The van der Waals surface area contributed by atoms with E-state index in [-0.39, 0.29) is 12.1 Å². The molecule has 0 amide bonds. The zero-order valence-electron chi connectivity index (χ0n) is 9.75. The van der Waals surface area contributed by atoms with Gasteiger partial charge in [-0.15, -0.1) is 0 Å². The number of nitrogens with one attached hydrogen (secondary N) is 2. The SMILES string of the molecule is Cc1[nH]nc(S(=O)(=O)NCC(F)(F)C(F)F)c1CN. The number of rotatable bonds is 6. The summed E-state index contributed by atoms with van der Waals surface area (Å²) in [7, 11) is -4.43. The number of aromatic amines is 1. The van der Waals surface area contributed by atoms with E-state index < -0.39 is 33.9 Å². The van der Waals surface area contributed by atoms with Gasteiger partial charge in [0.15, 0.2) is 5.03 Å². The van der Waals surface area contributed by atoms with Gasteiger partial charge in [-0.3, -0.25) is 5.10 Å². The molecule has 0 fully saturated rings. The van der Waals surface area contributed by atoms with Crippen LogP contribution in [0.5, 0.6) is 0 Å². The second-order valence-electron chi connectivity index (χ2n) is 3.72. The van der Waals surface area contributed by atoms with Crippen LogP contribution in [0.3, 0.4) is 0 Å². The van der Waals surface area contributed by atoms with Gasteiger partial charge in [-0.1, -0.05) is 0 Å². The molecule has 0 aromatic carbocycles. The van der Waals surface area contributed by atoms with Gasteiger partial charge in [0.1, 0.15) is 0 Å². The predicted molar refractivity (Wildman–Crippen MR) is 57.4 cm³/mol. The van der Waals surface area contributed by atoms with E-state index in [0.717, 1.165) is 0 Å². The standard InChI is InChI=1S/C8H12F4N4O2S/c1-4-5(2-13)6(16-15-4)19(17,18)14-3-8(11,12)7(9)10/h7,14H,2-3,13H2,1H3,(H,15,16). The molecule has 19 heavy (non-hydrogen) atoms. The fourth-order valence-electron chi connectivity index (χ4n) is 1.23. The highest BCUT2D eigenvalue weighted by Gasteiger charge is 2.42. The van der Waals surface area contributed by atoms with Gasteiger partial charge in [-0.05, 0) is 6.92 Å². The molecule has 0 atom stereocenters. The maximum Gasteiger partial charge on any atom is 0.320 e. The highest BCUT2D eigenvalue weighted by Crippen LogP contribution is 2.23. The lowest BCUT2D eigenvalue weighted by atomic mass is 10.3. The van der Waals surface area contributed by atoms with E-state index in [1.165, 1.54) is 11.6 Å². The van der Waals surface area contributed by atoms with Crippen molar-refractivity contribution in [3.05, 3.63) is 11.3 Å². The monoisotopic (exact) mass is 304 g/mol. The highest BCUT2D eigenvalue weighted by molar-refractivity contribution is 7.89. The summed E-state index contributed by atoms with van der Waals surface area (Å²) >= 11 is 0. The second-order valence-corrected chi connectivity index (χ2v) is 5.40. The Morgan fingerprint density at radius 1 is 1.47 bits per heavy atom. The smallest absolute Gasteiger partial charge is 0.320 e. The molecule has 0 unspecified atom stereocenters. The largest absolute Gasteiger partial charge is 0.326 e. The van der Waals surface area contributed by atoms with Crippen LogP contribution in [0, 0.1) is 6.92 Å². The average Bonchev–Trinajstić information content (AvgIpc) is 2.68. The number of hydrogen-bond acceptors (Lipinski definition) is 4. The van der Waals surface area contributed by atoms with Gasteiger partial charge < -0.3 is 5.73 Å². The number of halogens is 4. The number of sulfonamides is 1. The number of nitrogens with two attached hydrogens (primary N) is 1. The zero-order valence-corrected chi connectivity index (χ0v) is 10.6. The lowest BCUT2D eigenvalue weighted by molar-refractivity contribution is -0.122. The fraction of sp³-hybridized carbons (Fsp3) is 0.625. The molecule has 0 radical (unpaired) electrons. The third-order valence-corrected chi connectivity index (χ3v) is 3.68. The van der Waals surface area contributed by atoms with Crippen LogP contribution in [0.1, 0.15) is 11.3 Å². The molecule has 6 nitrogen and oxygen atoms in total. The summed E-state index contributed by atoms with van der Waals surface area (Å²) in [4.78, 5) is 0. The number of aromatic nitrogens is 2. The fourth-order valence-corrected chi connectivity index (χ4v) is 2.48. The topological polar surface area (TPSA) is 101 Å². The average molecular weight is 304 g/mol. The summed E-state index contributed by atoms with van der Waals surface area (Å²) in [6.45, 7) is -0.422. The first kappa shape index (κ1) is 15.9. The molecule has 1 aromatic rings. The van der Waals surface area contributed by atoms with Crippen LogP contribution in [0.15, 0.2) is 5.03 Å². The van der Waals surface area contributed by atoms with Gasteiger partial charge in [0.25, 0.3) is 10.0 Å². The van der Waals surface area contributed by atoms with Gasteiger partial charge in [-0.25, -0.2) is 21.9 Å². The van der Waals surface area contributed by atoms with Crippen molar-refractivity contribution in [1.29, 1.82) is 0 Å². The van der Waals surface area contributed by atoms with Gasteiger partial charge in [0, 0.05) is 17.8 Å². The van der Waals surface area contributed by atoms with E-state index in [4.69, 9.17) is 5.73 Å². The van der Waals surface area contributed by atoms with Crippen molar-refractivity contribution in [2.24, 2.45) is 5.73 Å². The lowest BCUT2D eigenvalue weighted by Gasteiger charge is -2.15. The highest BCUT2D eigenvalue weighted by atomic mass is 32.2.